The molecule has 0 radical (unpaired) electrons. The first-order valence-electron chi connectivity index (χ1n) is 6.20. The van der Waals surface area contributed by atoms with E-state index in [0.29, 0.717) is 37.6 Å². The van der Waals surface area contributed by atoms with Crippen molar-refractivity contribution in [3.63, 3.8) is 0 Å². The summed E-state index contributed by atoms with van der Waals surface area (Å²) in [5, 5.41) is 5.12. The van der Waals surface area contributed by atoms with Gasteiger partial charge in [-0.25, -0.2) is 8.78 Å². The predicted octanol–water partition coefficient (Wildman–Crippen LogP) is 6.07. The average molecular weight is 364 g/mol. The Morgan fingerprint density at radius 3 is 2.14 bits per heavy atom. The summed E-state index contributed by atoms with van der Waals surface area (Å²) in [4.78, 5) is 0. The lowest BCUT2D eigenvalue weighted by molar-refractivity contribution is 0.507. The van der Waals surface area contributed by atoms with Crippen molar-refractivity contribution in [2.45, 2.75) is 13.8 Å². The van der Waals surface area contributed by atoms with Crippen molar-refractivity contribution >= 4 is 46.2 Å². The van der Waals surface area contributed by atoms with Gasteiger partial charge in [0.1, 0.15) is 0 Å². The van der Waals surface area contributed by atoms with Crippen molar-refractivity contribution in [1.82, 2.24) is 0 Å². The largest absolute Gasteiger partial charge is 0.275 e. The molecule has 22 heavy (non-hydrogen) atoms. The van der Waals surface area contributed by atoms with Crippen molar-refractivity contribution < 1.29 is 8.78 Å². The molecule has 2 rings (SSSR count). The lowest BCUT2D eigenvalue weighted by atomic mass is 10.0. The fourth-order valence-corrected chi connectivity index (χ4v) is 2.79. The molecule has 2 aromatic rings. The summed E-state index contributed by atoms with van der Waals surface area (Å²) in [6.07, 6.45) is 0. The van der Waals surface area contributed by atoms with Crippen molar-refractivity contribution in [2.24, 2.45) is 5.10 Å². The Bertz CT molecular complexity index is 738. The summed E-state index contributed by atoms with van der Waals surface area (Å²) in [5.74, 6) is -1.83. The molecule has 0 saturated carbocycles. The van der Waals surface area contributed by atoms with Crippen LogP contribution in [0.3, 0.4) is 0 Å². The molecule has 0 unspecified atom stereocenters. The lowest BCUT2D eigenvalue weighted by Gasteiger charge is -2.10. The standard InChI is InChI=1S/C15H11Cl3F2N2/c1-7-3-13(19)14(20)6-10(7)8(2)21-22-15-11(17)4-9(16)5-12(15)18/h3-6,22H,1-2H3/b21-8-. The number of benzene rings is 2. The zero-order valence-electron chi connectivity index (χ0n) is 11.6. The van der Waals surface area contributed by atoms with E-state index in [-0.39, 0.29) is 0 Å². The van der Waals surface area contributed by atoms with Crippen LogP contribution in [-0.2, 0) is 0 Å². The topological polar surface area (TPSA) is 24.4 Å². The van der Waals surface area contributed by atoms with Gasteiger partial charge < -0.3 is 0 Å². The molecular formula is C15H11Cl3F2N2. The maximum absolute atomic E-state index is 13.3. The minimum atomic E-state index is -0.933. The summed E-state index contributed by atoms with van der Waals surface area (Å²) < 4.78 is 26.5. The van der Waals surface area contributed by atoms with E-state index in [0.717, 1.165) is 12.1 Å². The smallest absolute Gasteiger partial charge is 0.159 e. The van der Waals surface area contributed by atoms with Crippen LogP contribution in [0, 0.1) is 18.6 Å². The second-order valence-corrected chi connectivity index (χ2v) is 5.89. The van der Waals surface area contributed by atoms with Gasteiger partial charge in [-0.3, -0.25) is 5.43 Å². The minimum Gasteiger partial charge on any atom is -0.275 e. The van der Waals surface area contributed by atoms with E-state index in [1.54, 1.807) is 13.8 Å². The van der Waals surface area contributed by atoms with Gasteiger partial charge in [0.15, 0.2) is 11.6 Å². The molecule has 116 valence electrons. The molecule has 0 saturated heterocycles. The molecule has 0 aliphatic carbocycles. The van der Waals surface area contributed by atoms with Gasteiger partial charge in [0, 0.05) is 10.6 Å². The van der Waals surface area contributed by atoms with Crippen LogP contribution in [0.25, 0.3) is 0 Å². The maximum atomic E-state index is 13.3. The third-order valence-electron chi connectivity index (χ3n) is 3.00. The van der Waals surface area contributed by atoms with Crippen LogP contribution in [-0.4, -0.2) is 5.71 Å². The molecule has 0 aliphatic heterocycles. The van der Waals surface area contributed by atoms with Crippen LogP contribution in [0.4, 0.5) is 14.5 Å². The number of aryl methyl sites for hydroxylation is 1. The summed E-state index contributed by atoms with van der Waals surface area (Å²) in [7, 11) is 0. The number of rotatable bonds is 3. The van der Waals surface area contributed by atoms with Crippen molar-refractivity contribution in [1.29, 1.82) is 0 Å². The van der Waals surface area contributed by atoms with E-state index in [1.165, 1.54) is 12.1 Å². The van der Waals surface area contributed by atoms with Crippen molar-refractivity contribution in [3.8, 4) is 0 Å². The van der Waals surface area contributed by atoms with E-state index in [1.807, 2.05) is 0 Å². The molecular weight excluding hydrogens is 353 g/mol. The SMILES string of the molecule is C/C(=N/Nc1c(Cl)cc(Cl)cc1Cl)c1cc(F)c(F)cc1C. The first-order valence-corrected chi connectivity index (χ1v) is 7.34. The fraction of sp³-hybridized carbons (Fsp3) is 0.133. The van der Waals surface area contributed by atoms with Crippen LogP contribution in [0.15, 0.2) is 29.4 Å². The molecule has 2 aromatic carbocycles. The van der Waals surface area contributed by atoms with Gasteiger partial charge in [-0.15, -0.1) is 0 Å². The summed E-state index contributed by atoms with van der Waals surface area (Å²) >= 11 is 17.9. The second-order valence-electron chi connectivity index (χ2n) is 4.63. The van der Waals surface area contributed by atoms with Crippen molar-refractivity contribution in [3.05, 3.63) is 62.1 Å². The highest BCUT2D eigenvalue weighted by Gasteiger charge is 2.11. The van der Waals surface area contributed by atoms with Gasteiger partial charge >= 0.3 is 0 Å². The quantitative estimate of drug-likeness (QED) is 0.519. The van der Waals surface area contributed by atoms with Crippen molar-refractivity contribution in [2.75, 3.05) is 5.43 Å². The monoisotopic (exact) mass is 362 g/mol. The molecule has 0 bridgehead atoms. The molecule has 0 amide bonds. The zero-order valence-corrected chi connectivity index (χ0v) is 13.9. The summed E-state index contributed by atoms with van der Waals surface area (Å²) in [5.41, 5.74) is 4.60. The van der Waals surface area contributed by atoms with Crippen LogP contribution < -0.4 is 5.43 Å². The summed E-state index contributed by atoms with van der Waals surface area (Å²) in [6, 6.07) is 5.25. The molecule has 2 nitrogen and oxygen atoms in total. The molecule has 1 N–H and O–H groups in total. The van der Waals surface area contributed by atoms with E-state index in [9.17, 15) is 8.78 Å². The first-order chi connectivity index (χ1) is 10.3. The fourth-order valence-electron chi connectivity index (χ4n) is 1.89. The van der Waals surface area contributed by atoms with Gasteiger partial charge in [-0.2, -0.15) is 5.10 Å². The number of nitrogens with zero attached hydrogens (tertiary/aromatic N) is 1. The van der Waals surface area contributed by atoms with Crippen LogP contribution in [0.1, 0.15) is 18.1 Å². The highest BCUT2D eigenvalue weighted by molar-refractivity contribution is 6.41. The highest BCUT2D eigenvalue weighted by Crippen LogP contribution is 2.33. The molecule has 7 heteroatoms. The number of hydrazone groups is 1. The Hall–Kier alpha value is -1.36. The van der Waals surface area contributed by atoms with Gasteiger partial charge in [-0.1, -0.05) is 34.8 Å². The Morgan fingerprint density at radius 2 is 1.55 bits per heavy atom. The first kappa shape index (κ1) is 17.0. The van der Waals surface area contributed by atoms with Crippen LogP contribution in [0.5, 0.6) is 0 Å². The molecule has 0 heterocycles. The number of hydrogen-bond acceptors (Lipinski definition) is 2. The lowest BCUT2D eigenvalue weighted by Crippen LogP contribution is -2.04. The molecule has 0 aromatic heterocycles. The van der Waals surface area contributed by atoms with Gasteiger partial charge in [0.2, 0.25) is 0 Å². The van der Waals surface area contributed by atoms with Gasteiger partial charge in [0.05, 0.1) is 21.4 Å². The summed E-state index contributed by atoms with van der Waals surface area (Å²) in [6.45, 7) is 3.32. The number of halogens is 5. The molecule has 0 fully saturated rings. The van der Waals surface area contributed by atoms with Gasteiger partial charge in [-0.05, 0) is 43.7 Å². The van der Waals surface area contributed by atoms with Gasteiger partial charge in [0.25, 0.3) is 0 Å². The Balaban J connectivity index is 2.33. The predicted molar refractivity (Wildman–Crippen MR) is 88.4 cm³/mol. The number of hydrogen-bond donors (Lipinski definition) is 1. The Morgan fingerprint density at radius 1 is 1.00 bits per heavy atom. The van der Waals surface area contributed by atoms with E-state index in [4.69, 9.17) is 34.8 Å². The zero-order chi connectivity index (χ0) is 16.4. The molecule has 0 atom stereocenters. The normalized spacial score (nSPS) is 11.7. The number of nitrogens with one attached hydrogen (secondary N) is 1. The minimum absolute atomic E-state index is 0.302. The Labute approximate surface area is 141 Å². The third kappa shape index (κ3) is 3.69. The molecule has 0 aliphatic rings. The highest BCUT2D eigenvalue weighted by atomic mass is 35.5. The maximum Gasteiger partial charge on any atom is 0.159 e. The van der Waals surface area contributed by atoms with E-state index >= 15 is 0 Å². The van der Waals surface area contributed by atoms with Crippen LogP contribution in [0.2, 0.25) is 15.1 Å². The second kappa shape index (κ2) is 6.82. The average Bonchev–Trinajstić information content (AvgIpc) is 2.41. The molecule has 0 spiro atoms. The Kier molecular flexibility index (Phi) is 5.27. The van der Waals surface area contributed by atoms with E-state index in [2.05, 4.69) is 10.5 Å². The number of anilines is 1. The van der Waals surface area contributed by atoms with E-state index < -0.39 is 11.6 Å². The van der Waals surface area contributed by atoms with Crippen LogP contribution >= 0.6 is 34.8 Å². The third-order valence-corrected chi connectivity index (χ3v) is 3.81.